The molecule has 4 rings (SSSR count). The molecule has 0 spiro atoms. The minimum absolute atomic E-state index is 0.145. The number of hydrogen-bond donors (Lipinski definition) is 0. The molecule has 1 atom stereocenters. The van der Waals surface area contributed by atoms with Crippen molar-refractivity contribution in [2.45, 2.75) is 32.4 Å². The van der Waals surface area contributed by atoms with Gasteiger partial charge in [-0.05, 0) is 49.2 Å². The smallest absolute Gasteiger partial charge is 0.254 e. The number of ether oxygens (including phenoxy) is 1. The van der Waals surface area contributed by atoms with Crippen molar-refractivity contribution in [3.05, 3.63) is 58.2 Å². The fourth-order valence-corrected chi connectivity index (χ4v) is 3.99. The third kappa shape index (κ3) is 3.30. The maximum atomic E-state index is 13.2. The van der Waals surface area contributed by atoms with Crippen LogP contribution in [0.3, 0.4) is 0 Å². The number of nitrogens with zero attached hydrogens (tertiary/aromatic N) is 3. The second-order valence-electron chi connectivity index (χ2n) is 6.91. The summed E-state index contributed by atoms with van der Waals surface area (Å²) in [6.07, 6.45) is 0.784. The number of halogens is 1. The van der Waals surface area contributed by atoms with E-state index in [1.165, 1.54) is 4.90 Å². The average molecular weight is 442 g/mol. The summed E-state index contributed by atoms with van der Waals surface area (Å²) in [4.78, 5) is 27.0. The predicted octanol–water partition coefficient (Wildman–Crippen LogP) is 4.01. The summed E-state index contributed by atoms with van der Waals surface area (Å²) in [5.41, 5.74) is 2.65. The molecular formula is C21H20BrN3O3. The van der Waals surface area contributed by atoms with Gasteiger partial charge < -0.3 is 4.74 Å². The van der Waals surface area contributed by atoms with Gasteiger partial charge in [0.2, 0.25) is 5.91 Å². The molecule has 2 aromatic carbocycles. The monoisotopic (exact) mass is 441 g/mol. The number of imide groups is 1. The number of aromatic nitrogens is 2. The average Bonchev–Trinajstić information content (AvgIpc) is 3.01. The molecule has 6 nitrogen and oxygen atoms in total. The second-order valence-corrected chi connectivity index (χ2v) is 7.83. The van der Waals surface area contributed by atoms with Crippen molar-refractivity contribution in [1.29, 1.82) is 0 Å². The highest BCUT2D eigenvalue weighted by molar-refractivity contribution is 9.10. The Kier molecular flexibility index (Phi) is 4.93. The highest BCUT2D eigenvalue weighted by Gasteiger charge is 2.36. The first-order chi connectivity index (χ1) is 13.5. The maximum absolute atomic E-state index is 13.2. The SMILES string of the molecule is COc1ccc(CN2C(=O)CCC(n3nc(C)c4cc(Br)ccc43)C2=O)cc1. The minimum atomic E-state index is -0.478. The van der Waals surface area contributed by atoms with Gasteiger partial charge in [-0.15, -0.1) is 0 Å². The van der Waals surface area contributed by atoms with Gasteiger partial charge in [-0.25, -0.2) is 0 Å². The summed E-state index contributed by atoms with van der Waals surface area (Å²) < 4.78 is 7.90. The topological polar surface area (TPSA) is 64.4 Å². The van der Waals surface area contributed by atoms with Crippen LogP contribution in [0.4, 0.5) is 0 Å². The van der Waals surface area contributed by atoms with E-state index in [1.807, 2.05) is 49.4 Å². The van der Waals surface area contributed by atoms with Gasteiger partial charge in [-0.3, -0.25) is 19.2 Å². The lowest BCUT2D eigenvalue weighted by Gasteiger charge is -2.31. The van der Waals surface area contributed by atoms with E-state index >= 15 is 0 Å². The molecule has 28 heavy (non-hydrogen) atoms. The molecule has 2 amide bonds. The molecule has 1 aliphatic heterocycles. The Bertz CT molecular complexity index is 1060. The van der Waals surface area contributed by atoms with Crippen LogP contribution < -0.4 is 4.74 Å². The second kappa shape index (κ2) is 7.39. The summed E-state index contributed by atoms with van der Waals surface area (Å²) >= 11 is 3.48. The first-order valence-corrected chi connectivity index (χ1v) is 9.88. The lowest BCUT2D eigenvalue weighted by Crippen LogP contribution is -2.45. The van der Waals surface area contributed by atoms with E-state index in [0.717, 1.165) is 32.4 Å². The third-order valence-electron chi connectivity index (χ3n) is 5.13. The third-order valence-corrected chi connectivity index (χ3v) is 5.62. The highest BCUT2D eigenvalue weighted by Crippen LogP contribution is 2.31. The Hall–Kier alpha value is -2.67. The fraction of sp³-hybridized carbons (Fsp3) is 0.286. The van der Waals surface area contributed by atoms with E-state index < -0.39 is 6.04 Å². The molecule has 1 unspecified atom stereocenters. The number of fused-ring (bicyclic) bond motifs is 1. The van der Waals surface area contributed by atoms with Crippen molar-refractivity contribution < 1.29 is 14.3 Å². The van der Waals surface area contributed by atoms with Gasteiger partial charge in [-0.2, -0.15) is 5.10 Å². The number of benzene rings is 2. The number of piperidine rings is 1. The zero-order chi connectivity index (χ0) is 19.8. The fourth-order valence-electron chi connectivity index (χ4n) is 3.63. The molecule has 0 bridgehead atoms. The molecule has 2 heterocycles. The zero-order valence-electron chi connectivity index (χ0n) is 15.7. The van der Waals surface area contributed by atoms with Gasteiger partial charge in [0.05, 0.1) is 24.9 Å². The lowest BCUT2D eigenvalue weighted by molar-refractivity contribution is -0.152. The molecule has 7 heteroatoms. The van der Waals surface area contributed by atoms with E-state index in [0.29, 0.717) is 12.8 Å². The molecule has 0 saturated carbocycles. The molecule has 1 saturated heterocycles. The predicted molar refractivity (Wildman–Crippen MR) is 109 cm³/mol. The number of carbonyl (C=O) groups is 2. The summed E-state index contributed by atoms with van der Waals surface area (Å²) in [6, 6.07) is 12.8. The largest absolute Gasteiger partial charge is 0.497 e. The van der Waals surface area contributed by atoms with E-state index in [4.69, 9.17) is 4.74 Å². The van der Waals surface area contributed by atoms with E-state index in [9.17, 15) is 9.59 Å². The first-order valence-electron chi connectivity index (χ1n) is 9.09. The van der Waals surface area contributed by atoms with Crippen molar-refractivity contribution >= 4 is 38.6 Å². The van der Waals surface area contributed by atoms with Crippen LogP contribution in [0.15, 0.2) is 46.9 Å². The van der Waals surface area contributed by atoms with Gasteiger partial charge in [0, 0.05) is 16.3 Å². The van der Waals surface area contributed by atoms with Crippen LogP contribution in [0.1, 0.15) is 30.1 Å². The quantitative estimate of drug-likeness (QED) is 0.573. The highest BCUT2D eigenvalue weighted by atomic mass is 79.9. The van der Waals surface area contributed by atoms with Crippen LogP contribution >= 0.6 is 15.9 Å². The van der Waals surface area contributed by atoms with E-state index in [-0.39, 0.29) is 18.4 Å². The van der Waals surface area contributed by atoms with Crippen LogP contribution in [0.5, 0.6) is 5.75 Å². The minimum Gasteiger partial charge on any atom is -0.497 e. The van der Waals surface area contributed by atoms with Crippen LogP contribution in [0.2, 0.25) is 0 Å². The molecule has 0 aliphatic carbocycles. The summed E-state index contributed by atoms with van der Waals surface area (Å²) in [6.45, 7) is 2.18. The molecule has 1 aliphatic rings. The van der Waals surface area contributed by atoms with E-state index in [1.54, 1.807) is 11.8 Å². The molecule has 1 fully saturated rings. The Balaban J connectivity index is 1.64. The number of likely N-dealkylation sites (tertiary alicyclic amines) is 1. The Morgan fingerprint density at radius 3 is 2.64 bits per heavy atom. The van der Waals surface area contributed by atoms with Crippen molar-refractivity contribution in [3.63, 3.8) is 0 Å². The van der Waals surface area contributed by atoms with Gasteiger partial charge in [0.15, 0.2) is 0 Å². The van der Waals surface area contributed by atoms with Gasteiger partial charge in [0.25, 0.3) is 5.91 Å². The molecule has 0 N–H and O–H groups in total. The lowest BCUT2D eigenvalue weighted by atomic mass is 10.0. The van der Waals surface area contributed by atoms with Crippen LogP contribution in [-0.2, 0) is 16.1 Å². The number of hydrogen-bond acceptors (Lipinski definition) is 4. The van der Waals surface area contributed by atoms with Crippen molar-refractivity contribution in [3.8, 4) is 5.75 Å². The summed E-state index contributed by atoms with van der Waals surface area (Å²) in [5, 5.41) is 5.62. The molecular weight excluding hydrogens is 422 g/mol. The summed E-state index contributed by atoms with van der Waals surface area (Å²) in [7, 11) is 1.60. The molecule has 0 radical (unpaired) electrons. The molecule has 1 aromatic heterocycles. The number of carbonyl (C=O) groups excluding carboxylic acids is 2. The van der Waals surface area contributed by atoms with Crippen LogP contribution in [-0.4, -0.2) is 33.6 Å². The van der Waals surface area contributed by atoms with E-state index in [2.05, 4.69) is 21.0 Å². The van der Waals surface area contributed by atoms with Crippen molar-refractivity contribution in [1.82, 2.24) is 14.7 Å². The number of aryl methyl sites for hydroxylation is 1. The Morgan fingerprint density at radius 2 is 1.93 bits per heavy atom. The molecule has 3 aromatic rings. The Labute approximate surface area is 171 Å². The summed E-state index contributed by atoms with van der Waals surface area (Å²) in [5.74, 6) is 0.384. The number of amides is 2. The van der Waals surface area contributed by atoms with Crippen molar-refractivity contribution in [2.75, 3.05) is 7.11 Å². The number of methoxy groups -OCH3 is 1. The van der Waals surface area contributed by atoms with Crippen molar-refractivity contribution in [2.24, 2.45) is 0 Å². The normalized spacial score (nSPS) is 17.4. The number of rotatable bonds is 4. The van der Waals surface area contributed by atoms with Crippen LogP contribution in [0.25, 0.3) is 10.9 Å². The standard InChI is InChI=1S/C21H20BrN3O3/c1-13-17-11-15(22)5-8-18(17)25(23-13)19-9-10-20(26)24(21(19)27)12-14-3-6-16(28-2)7-4-14/h3-8,11,19H,9-10,12H2,1-2H3. The van der Waals surface area contributed by atoms with Gasteiger partial charge >= 0.3 is 0 Å². The maximum Gasteiger partial charge on any atom is 0.254 e. The van der Waals surface area contributed by atoms with Crippen LogP contribution in [0, 0.1) is 6.92 Å². The first kappa shape index (κ1) is 18.7. The molecule has 144 valence electrons. The zero-order valence-corrected chi connectivity index (χ0v) is 17.3. The van der Waals surface area contributed by atoms with Gasteiger partial charge in [-0.1, -0.05) is 28.1 Å². The Morgan fingerprint density at radius 1 is 1.18 bits per heavy atom. The van der Waals surface area contributed by atoms with Gasteiger partial charge in [0.1, 0.15) is 11.8 Å².